The highest BCUT2D eigenvalue weighted by molar-refractivity contribution is 5.54. The molecule has 0 unspecified atom stereocenters. The molecule has 0 aromatic heterocycles. The van der Waals surface area contributed by atoms with Gasteiger partial charge in [0.25, 0.3) is 0 Å². The van der Waals surface area contributed by atoms with Crippen molar-refractivity contribution in [3.63, 3.8) is 0 Å². The molecule has 0 bridgehead atoms. The van der Waals surface area contributed by atoms with Gasteiger partial charge in [0.2, 0.25) is 5.75 Å². The van der Waals surface area contributed by atoms with Gasteiger partial charge >= 0.3 is 0 Å². The fourth-order valence-corrected chi connectivity index (χ4v) is 4.06. The van der Waals surface area contributed by atoms with Gasteiger partial charge in [0, 0.05) is 21.3 Å². The average Bonchev–Trinajstić information content (AvgIpc) is 3.15. The van der Waals surface area contributed by atoms with E-state index in [1.807, 2.05) is 12.1 Å². The maximum atomic E-state index is 9.43. The van der Waals surface area contributed by atoms with E-state index in [-0.39, 0.29) is 37.6 Å². The maximum absolute atomic E-state index is 9.43. The zero-order chi connectivity index (χ0) is 36.6. The number of hydrogen-bond donors (Lipinski definition) is 0. The molecule has 0 aliphatic rings. The van der Waals surface area contributed by atoms with E-state index in [2.05, 4.69) is 0 Å². The summed E-state index contributed by atoms with van der Waals surface area (Å²) in [6.07, 6.45) is 0. The number of nitriles is 2. The molecule has 2 aromatic carbocycles. The van der Waals surface area contributed by atoms with Gasteiger partial charge in [-0.15, -0.1) is 0 Å². The van der Waals surface area contributed by atoms with Crippen LogP contribution in [0.5, 0.6) is 23.0 Å². The minimum Gasteiger partial charge on any atom is -0.489 e. The van der Waals surface area contributed by atoms with E-state index in [0.717, 1.165) is 0 Å². The number of benzene rings is 2. The quantitative estimate of drug-likeness (QED) is 0.0986. The van der Waals surface area contributed by atoms with Crippen LogP contribution >= 0.6 is 0 Å². The van der Waals surface area contributed by atoms with Crippen LogP contribution in [-0.2, 0) is 49.2 Å². The highest BCUT2D eigenvalue weighted by Gasteiger charge is 2.17. The third kappa shape index (κ3) is 20.0. The lowest BCUT2D eigenvalue weighted by Crippen LogP contribution is -2.16. The van der Waals surface area contributed by atoms with Crippen LogP contribution < -0.4 is 18.9 Å². The van der Waals surface area contributed by atoms with Gasteiger partial charge in [-0.05, 0) is 35.9 Å². The van der Waals surface area contributed by atoms with Crippen molar-refractivity contribution >= 4 is 0 Å². The van der Waals surface area contributed by atoms with Gasteiger partial charge in [-0.3, -0.25) is 0 Å². The zero-order valence-electron chi connectivity index (χ0n) is 30.0. The summed E-state index contributed by atoms with van der Waals surface area (Å²) < 4.78 is 72.7. The summed E-state index contributed by atoms with van der Waals surface area (Å²) in [4.78, 5) is 0. The Morgan fingerprint density at radius 3 is 1.24 bits per heavy atom. The first-order valence-corrected chi connectivity index (χ1v) is 16.7. The van der Waals surface area contributed by atoms with E-state index >= 15 is 0 Å². The first kappa shape index (κ1) is 43.4. The second kappa shape index (κ2) is 29.9. The van der Waals surface area contributed by atoms with Gasteiger partial charge in [-0.1, -0.05) is 0 Å². The Morgan fingerprint density at radius 2 is 0.824 bits per heavy atom. The number of rotatable bonds is 33. The summed E-state index contributed by atoms with van der Waals surface area (Å²) in [7, 11) is 4.86. The smallest absolute Gasteiger partial charge is 0.203 e. The van der Waals surface area contributed by atoms with Crippen LogP contribution in [0.25, 0.3) is 0 Å². The molecule has 15 heteroatoms. The monoisotopic (exact) mass is 720 g/mol. The zero-order valence-corrected chi connectivity index (χ0v) is 30.0. The standard InChI is InChI=1S/C36H52N2O13/c1-39-6-9-42-12-15-45-18-21-48-34-24-30(29-51-33-5-4-31(27-37)32(26-33)28-38)25-35(49-22-19-46-16-13-43-10-7-40-2)36(34)50-23-20-47-17-14-44-11-8-41-3/h4-5,24-26H,6-23,29H2,1-3H3. The maximum Gasteiger partial charge on any atom is 0.203 e. The van der Waals surface area contributed by atoms with Crippen molar-refractivity contribution in [2.75, 3.05) is 140 Å². The molecule has 0 fully saturated rings. The Hall–Kier alpha value is -3.74. The molecule has 0 aliphatic heterocycles. The third-order valence-electron chi connectivity index (χ3n) is 6.57. The predicted molar refractivity (Wildman–Crippen MR) is 184 cm³/mol. The molecule has 0 amide bonds. The molecule has 0 N–H and O–H groups in total. The SMILES string of the molecule is COCCOCCOCCOc1cc(COc2ccc(C#N)c(C#N)c2)cc(OCCOCCOCCOC)c1OCCOCCOCCOC. The normalized spacial score (nSPS) is 10.8. The Labute approximate surface area is 301 Å². The van der Waals surface area contributed by atoms with Crippen molar-refractivity contribution in [2.24, 2.45) is 0 Å². The molecule has 0 radical (unpaired) electrons. The molecule has 2 rings (SSSR count). The third-order valence-corrected chi connectivity index (χ3v) is 6.57. The summed E-state index contributed by atoms with van der Waals surface area (Å²) in [5, 5.41) is 18.7. The van der Waals surface area contributed by atoms with Gasteiger partial charge in [0.05, 0.1) is 110 Å². The number of methoxy groups -OCH3 is 3. The summed E-state index contributed by atoms with van der Waals surface area (Å²) in [6.45, 7) is 7.22. The van der Waals surface area contributed by atoms with Gasteiger partial charge in [0.15, 0.2) is 11.5 Å². The van der Waals surface area contributed by atoms with Gasteiger partial charge in [-0.25, -0.2) is 0 Å². The second-order valence-electron chi connectivity index (χ2n) is 10.3. The molecule has 2 aromatic rings. The lowest BCUT2D eigenvalue weighted by atomic mass is 10.1. The molecule has 284 valence electrons. The number of nitrogens with zero attached hydrogens (tertiary/aromatic N) is 2. The summed E-state index contributed by atoms with van der Waals surface area (Å²) in [5.41, 5.74) is 1.20. The van der Waals surface area contributed by atoms with Crippen LogP contribution in [0, 0.1) is 22.7 Å². The molecule has 0 heterocycles. The average molecular weight is 721 g/mol. The predicted octanol–water partition coefficient (Wildman–Crippen LogP) is 3.18. The Balaban J connectivity index is 2.14. The molecule has 0 spiro atoms. The molecule has 15 nitrogen and oxygen atoms in total. The van der Waals surface area contributed by atoms with Crippen molar-refractivity contribution in [2.45, 2.75) is 6.61 Å². The van der Waals surface area contributed by atoms with E-state index in [1.54, 1.807) is 45.6 Å². The van der Waals surface area contributed by atoms with Crippen LogP contribution in [0.2, 0.25) is 0 Å². The lowest BCUT2D eigenvalue weighted by Gasteiger charge is -2.19. The second-order valence-corrected chi connectivity index (χ2v) is 10.3. The first-order chi connectivity index (χ1) is 25.2. The molecule has 51 heavy (non-hydrogen) atoms. The topological polar surface area (TPSA) is 168 Å². The molecule has 0 saturated carbocycles. The Kier molecular flexibility index (Phi) is 25.5. The fourth-order valence-electron chi connectivity index (χ4n) is 4.06. The summed E-state index contributed by atoms with van der Waals surface area (Å²) in [6, 6.07) is 12.3. The summed E-state index contributed by atoms with van der Waals surface area (Å²) >= 11 is 0. The van der Waals surface area contributed by atoms with Crippen LogP contribution in [0.4, 0.5) is 0 Å². The summed E-state index contributed by atoms with van der Waals surface area (Å²) in [5.74, 6) is 1.65. The molecule has 0 saturated heterocycles. The Bertz CT molecular complexity index is 1230. The first-order valence-electron chi connectivity index (χ1n) is 16.7. The minimum atomic E-state index is 0.112. The molecular weight excluding hydrogens is 668 g/mol. The lowest BCUT2D eigenvalue weighted by molar-refractivity contribution is 0.0146. The Morgan fingerprint density at radius 1 is 0.431 bits per heavy atom. The van der Waals surface area contributed by atoms with Crippen molar-refractivity contribution in [3.05, 3.63) is 47.0 Å². The number of ether oxygens (including phenoxy) is 13. The van der Waals surface area contributed by atoms with Crippen LogP contribution in [-0.4, -0.2) is 140 Å². The van der Waals surface area contributed by atoms with E-state index in [0.29, 0.717) is 128 Å². The van der Waals surface area contributed by atoms with Crippen molar-refractivity contribution < 1.29 is 61.6 Å². The fraction of sp³-hybridized carbons (Fsp3) is 0.611. The van der Waals surface area contributed by atoms with Crippen molar-refractivity contribution in [1.29, 1.82) is 10.5 Å². The van der Waals surface area contributed by atoms with E-state index in [4.69, 9.17) is 61.6 Å². The largest absolute Gasteiger partial charge is 0.489 e. The van der Waals surface area contributed by atoms with Crippen LogP contribution in [0.1, 0.15) is 16.7 Å². The van der Waals surface area contributed by atoms with Gasteiger partial charge in [0.1, 0.15) is 44.3 Å². The van der Waals surface area contributed by atoms with Gasteiger partial charge in [-0.2, -0.15) is 10.5 Å². The molecule has 0 atom stereocenters. The van der Waals surface area contributed by atoms with E-state index in [9.17, 15) is 10.5 Å². The minimum absolute atomic E-state index is 0.112. The highest BCUT2D eigenvalue weighted by Crippen LogP contribution is 2.39. The number of hydrogen-bond acceptors (Lipinski definition) is 15. The molecular formula is C36H52N2O13. The van der Waals surface area contributed by atoms with E-state index in [1.165, 1.54) is 6.07 Å². The van der Waals surface area contributed by atoms with Crippen molar-refractivity contribution in [1.82, 2.24) is 0 Å². The van der Waals surface area contributed by atoms with Crippen LogP contribution in [0.3, 0.4) is 0 Å². The van der Waals surface area contributed by atoms with E-state index < -0.39 is 0 Å². The van der Waals surface area contributed by atoms with Crippen LogP contribution in [0.15, 0.2) is 30.3 Å². The van der Waals surface area contributed by atoms with Gasteiger partial charge < -0.3 is 61.6 Å². The molecule has 0 aliphatic carbocycles. The van der Waals surface area contributed by atoms with Crippen molar-refractivity contribution in [3.8, 4) is 35.1 Å². The highest BCUT2D eigenvalue weighted by atomic mass is 16.6.